The number of hydrogen-bond acceptors (Lipinski definition) is 3. The molecule has 0 spiro atoms. The third-order valence-corrected chi connectivity index (χ3v) is 6.44. The number of quaternary nitrogens is 2. The van der Waals surface area contributed by atoms with Crippen LogP contribution in [0, 0.1) is 0 Å². The first-order valence-electron chi connectivity index (χ1n) is 11.1. The largest absolute Gasteiger partial charge is 0.491 e. The molecule has 0 heterocycles. The highest BCUT2D eigenvalue weighted by atomic mass is 16.5. The van der Waals surface area contributed by atoms with E-state index in [0.29, 0.717) is 29.0 Å². The Bertz CT molecular complexity index is 784. The highest BCUT2D eigenvalue weighted by molar-refractivity contribution is 6.08. The summed E-state index contributed by atoms with van der Waals surface area (Å²) in [6.45, 7) is 1.94. The molecule has 1 fully saturated rings. The van der Waals surface area contributed by atoms with Crippen LogP contribution in [-0.4, -0.2) is 56.3 Å². The summed E-state index contributed by atoms with van der Waals surface area (Å²) in [5, 5.41) is 12.6. The Morgan fingerprint density at radius 2 is 1.67 bits per heavy atom. The Morgan fingerprint density at radius 3 is 2.30 bits per heavy atom. The van der Waals surface area contributed by atoms with Gasteiger partial charge in [0, 0.05) is 24.0 Å². The second-order valence-corrected chi connectivity index (χ2v) is 8.75. The summed E-state index contributed by atoms with van der Waals surface area (Å²) >= 11 is 0. The second kappa shape index (κ2) is 10.7. The zero-order valence-electron chi connectivity index (χ0n) is 18.3. The van der Waals surface area contributed by atoms with E-state index < -0.39 is 6.10 Å². The minimum absolute atomic E-state index is 0.00329. The molecule has 2 aromatic carbocycles. The lowest BCUT2D eigenvalue weighted by atomic mass is 9.80. The zero-order valence-corrected chi connectivity index (χ0v) is 18.3. The van der Waals surface area contributed by atoms with E-state index in [1.807, 2.05) is 30.3 Å². The van der Waals surface area contributed by atoms with Gasteiger partial charge in [0.1, 0.15) is 37.1 Å². The fraction of sp³-hybridized carbons (Fsp3) is 0.480. The van der Waals surface area contributed by atoms with E-state index in [2.05, 4.69) is 19.4 Å². The number of hydrogen-bond donors (Lipinski definition) is 3. The number of carbonyl (C=O) groups excluding carboxylic acids is 1. The summed E-state index contributed by atoms with van der Waals surface area (Å²) in [6.07, 6.45) is 6.00. The van der Waals surface area contributed by atoms with Crippen molar-refractivity contribution in [1.29, 1.82) is 0 Å². The number of ketones is 1. The van der Waals surface area contributed by atoms with Crippen LogP contribution in [0.1, 0.15) is 48.0 Å². The minimum Gasteiger partial charge on any atom is -0.491 e. The number of rotatable bonds is 10. The van der Waals surface area contributed by atoms with Gasteiger partial charge in [0.05, 0.1) is 14.1 Å². The van der Waals surface area contributed by atoms with E-state index in [-0.39, 0.29) is 12.4 Å². The minimum atomic E-state index is -0.520. The number of ether oxygens (including phenoxy) is 1. The van der Waals surface area contributed by atoms with Crippen molar-refractivity contribution >= 4 is 5.78 Å². The molecule has 4 N–H and O–H groups in total. The molecule has 1 aliphatic carbocycles. The molecule has 0 unspecified atom stereocenters. The van der Waals surface area contributed by atoms with Gasteiger partial charge in [0.15, 0.2) is 5.78 Å². The molecule has 30 heavy (non-hydrogen) atoms. The molecule has 0 saturated heterocycles. The maximum Gasteiger partial charge on any atom is 0.193 e. The van der Waals surface area contributed by atoms with E-state index in [9.17, 15) is 9.90 Å². The first-order chi connectivity index (χ1) is 14.5. The lowest BCUT2D eigenvalue weighted by Crippen LogP contribution is -3.19. The normalized spacial score (nSPS) is 16.9. The molecule has 1 atom stereocenters. The Labute approximate surface area is 180 Å². The van der Waals surface area contributed by atoms with Gasteiger partial charge in [-0.3, -0.25) is 4.79 Å². The van der Waals surface area contributed by atoms with Gasteiger partial charge in [-0.05, 0) is 37.1 Å². The van der Waals surface area contributed by atoms with Crippen molar-refractivity contribution in [3.05, 3.63) is 65.7 Å². The summed E-state index contributed by atoms with van der Waals surface area (Å²) in [5.41, 5.74) is 1.64. The molecular weight excluding hydrogens is 376 g/mol. The predicted molar refractivity (Wildman–Crippen MR) is 118 cm³/mol. The molecule has 2 aromatic rings. The third kappa shape index (κ3) is 5.91. The van der Waals surface area contributed by atoms with E-state index in [0.717, 1.165) is 6.54 Å². The molecule has 0 amide bonds. The van der Waals surface area contributed by atoms with Crippen LogP contribution in [0.25, 0.3) is 0 Å². The van der Waals surface area contributed by atoms with Crippen LogP contribution in [0.2, 0.25) is 0 Å². The van der Waals surface area contributed by atoms with Crippen molar-refractivity contribution in [3.63, 3.8) is 0 Å². The Morgan fingerprint density at radius 1 is 1.03 bits per heavy atom. The Kier molecular flexibility index (Phi) is 8.02. The number of aliphatic hydroxyl groups excluding tert-OH is 1. The maximum absolute atomic E-state index is 12.5. The van der Waals surface area contributed by atoms with Crippen molar-refractivity contribution in [1.82, 2.24) is 0 Å². The van der Waals surface area contributed by atoms with Crippen LogP contribution in [-0.2, 0) is 0 Å². The number of carbonyl (C=O) groups is 1. The molecule has 162 valence electrons. The van der Waals surface area contributed by atoms with E-state index in [1.165, 1.54) is 37.0 Å². The SMILES string of the molecule is C[NH+](C)C1(C[NH2+]C[C@H](O)COc2ccc(C(=O)c3ccccc3)cc2)CCCCC1. The molecule has 5 nitrogen and oxygen atoms in total. The van der Waals surface area contributed by atoms with E-state index in [1.54, 1.807) is 24.3 Å². The van der Waals surface area contributed by atoms with E-state index >= 15 is 0 Å². The summed E-state index contributed by atoms with van der Waals surface area (Å²) < 4.78 is 5.74. The van der Waals surface area contributed by atoms with Gasteiger partial charge < -0.3 is 20.1 Å². The van der Waals surface area contributed by atoms with Crippen molar-refractivity contribution in [2.24, 2.45) is 0 Å². The number of aliphatic hydroxyl groups is 1. The van der Waals surface area contributed by atoms with Gasteiger partial charge in [-0.15, -0.1) is 0 Å². The van der Waals surface area contributed by atoms with Crippen molar-refractivity contribution in [2.75, 3.05) is 33.8 Å². The molecule has 0 aromatic heterocycles. The number of likely N-dealkylation sites (N-methyl/N-ethyl adjacent to an activating group) is 1. The summed E-state index contributed by atoms with van der Waals surface area (Å²) in [6, 6.07) is 16.4. The Hall–Kier alpha value is -2.21. The summed E-state index contributed by atoms with van der Waals surface area (Å²) in [5.74, 6) is 0.664. The van der Waals surface area contributed by atoms with Crippen molar-refractivity contribution in [3.8, 4) is 5.75 Å². The van der Waals surface area contributed by atoms with Crippen molar-refractivity contribution in [2.45, 2.75) is 43.7 Å². The van der Waals surface area contributed by atoms with Crippen LogP contribution in [0.3, 0.4) is 0 Å². The predicted octanol–water partition coefficient (Wildman–Crippen LogP) is 1.07. The first kappa shape index (κ1) is 22.5. The van der Waals surface area contributed by atoms with Gasteiger partial charge in [0.25, 0.3) is 0 Å². The van der Waals surface area contributed by atoms with Gasteiger partial charge in [-0.2, -0.15) is 0 Å². The lowest BCUT2D eigenvalue weighted by molar-refractivity contribution is -0.934. The van der Waals surface area contributed by atoms with Gasteiger partial charge in [-0.1, -0.05) is 36.8 Å². The highest BCUT2D eigenvalue weighted by Crippen LogP contribution is 2.24. The average molecular weight is 413 g/mol. The fourth-order valence-corrected chi connectivity index (χ4v) is 4.41. The zero-order chi connectivity index (χ0) is 21.4. The van der Waals surface area contributed by atoms with Crippen LogP contribution in [0.4, 0.5) is 0 Å². The lowest BCUT2D eigenvalue weighted by Gasteiger charge is -2.38. The van der Waals surface area contributed by atoms with Gasteiger partial charge in [0.2, 0.25) is 0 Å². The third-order valence-electron chi connectivity index (χ3n) is 6.44. The molecule has 3 rings (SSSR count). The van der Waals surface area contributed by atoms with E-state index in [4.69, 9.17) is 4.74 Å². The van der Waals surface area contributed by atoms with Crippen molar-refractivity contribution < 1.29 is 24.9 Å². The van der Waals surface area contributed by atoms with Crippen LogP contribution in [0.5, 0.6) is 5.75 Å². The molecule has 0 aliphatic heterocycles. The molecule has 1 saturated carbocycles. The topological polar surface area (TPSA) is 67.6 Å². The highest BCUT2D eigenvalue weighted by Gasteiger charge is 2.39. The molecule has 0 bridgehead atoms. The van der Waals surface area contributed by atoms with Gasteiger partial charge in [-0.25, -0.2) is 0 Å². The molecule has 0 radical (unpaired) electrons. The summed E-state index contributed by atoms with van der Waals surface area (Å²) in [7, 11) is 4.51. The first-order valence-corrected chi connectivity index (χ1v) is 11.1. The standard InChI is InChI=1S/C25H34N2O3/c1-27(2)25(15-7-4-8-16-25)19-26-17-22(28)18-30-23-13-11-21(12-14-23)24(29)20-9-5-3-6-10-20/h3,5-6,9-14,22,26,28H,4,7-8,15-19H2,1-2H3/p+2/t22-/m0/s1. The second-order valence-electron chi connectivity index (χ2n) is 8.75. The molecular formula is C25H36N2O3+2. The van der Waals surface area contributed by atoms with Crippen LogP contribution in [0.15, 0.2) is 54.6 Å². The monoisotopic (exact) mass is 412 g/mol. The van der Waals surface area contributed by atoms with Gasteiger partial charge >= 0.3 is 0 Å². The average Bonchev–Trinajstić information content (AvgIpc) is 2.78. The summed E-state index contributed by atoms with van der Waals surface area (Å²) in [4.78, 5) is 14.0. The number of benzene rings is 2. The number of nitrogens with two attached hydrogens (primary N) is 1. The maximum atomic E-state index is 12.5. The molecule has 1 aliphatic rings. The number of nitrogens with one attached hydrogen (secondary N) is 1. The van der Waals surface area contributed by atoms with Crippen LogP contribution < -0.4 is 15.0 Å². The fourth-order valence-electron chi connectivity index (χ4n) is 4.41. The molecule has 5 heteroatoms. The smallest absolute Gasteiger partial charge is 0.193 e. The quantitative estimate of drug-likeness (QED) is 0.512. The Balaban J connectivity index is 1.43. The van der Waals surface area contributed by atoms with Crippen LogP contribution >= 0.6 is 0 Å².